The van der Waals surface area contributed by atoms with Gasteiger partial charge in [0.25, 0.3) is 0 Å². The molecule has 4 nitrogen and oxygen atoms in total. The van der Waals surface area contributed by atoms with Gasteiger partial charge in [-0.2, -0.15) is 0 Å². The minimum Gasteiger partial charge on any atom is -0.506 e. The molecule has 0 aliphatic rings. The smallest absolute Gasteiger partial charge is 0.226 e. The van der Waals surface area contributed by atoms with Crippen LogP contribution in [0.15, 0.2) is 18.2 Å². The van der Waals surface area contributed by atoms with Gasteiger partial charge in [-0.3, -0.25) is 4.79 Å². The molecule has 0 aliphatic carbocycles. The summed E-state index contributed by atoms with van der Waals surface area (Å²) in [5, 5.41) is 9.51. The van der Waals surface area contributed by atoms with Crippen LogP contribution >= 0.6 is 0 Å². The molecule has 18 heavy (non-hydrogen) atoms. The number of carbonyl (C=O) groups is 1. The Morgan fingerprint density at radius 1 is 1.28 bits per heavy atom. The highest BCUT2D eigenvalue weighted by Crippen LogP contribution is 2.21. The molecule has 1 aromatic carbocycles. The van der Waals surface area contributed by atoms with E-state index in [1.165, 1.54) is 0 Å². The topological polar surface area (TPSA) is 66.6 Å². The van der Waals surface area contributed by atoms with Gasteiger partial charge >= 0.3 is 0 Å². The third-order valence-corrected chi connectivity index (χ3v) is 2.79. The number of carbonyl (C=O) groups excluding carboxylic acids is 1. The number of nitrogens with two attached hydrogens (primary N) is 1. The summed E-state index contributed by atoms with van der Waals surface area (Å²) < 4.78 is 0. The molecule has 1 amide bonds. The highest BCUT2D eigenvalue weighted by atomic mass is 16.3. The summed E-state index contributed by atoms with van der Waals surface area (Å²) in [5.74, 6) is 0.140. The van der Waals surface area contributed by atoms with Crippen LogP contribution in [0, 0.1) is 0 Å². The fourth-order valence-corrected chi connectivity index (χ4v) is 1.89. The SMILES string of the molecule is CCCN(CCC)C(=O)Cc1ccc(N)c(O)c1. The Morgan fingerprint density at radius 3 is 2.39 bits per heavy atom. The maximum Gasteiger partial charge on any atom is 0.226 e. The molecule has 0 aliphatic heterocycles. The summed E-state index contributed by atoms with van der Waals surface area (Å²) in [7, 11) is 0. The number of benzene rings is 1. The molecular formula is C14H22N2O2. The fourth-order valence-electron chi connectivity index (χ4n) is 1.89. The average Bonchev–Trinajstić information content (AvgIpc) is 2.33. The summed E-state index contributed by atoms with van der Waals surface area (Å²) in [6.07, 6.45) is 2.23. The summed E-state index contributed by atoms with van der Waals surface area (Å²) in [4.78, 5) is 14.0. The zero-order valence-electron chi connectivity index (χ0n) is 11.1. The fraction of sp³-hybridized carbons (Fsp3) is 0.500. The first-order chi connectivity index (χ1) is 8.58. The van der Waals surface area contributed by atoms with Crippen molar-refractivity contribution in [1.82, 2.24) is 4.90 Å². The third kappa shape index (κ3) is 3.95. The highest BCUT2D eigenvalue weighted by Gasteiger charge is 2.12. The van der Waals surface area contributed by atoms with Gasteiger partial charge in [0.05, 0.1) is 12.1 Å². The van der Waals surface area contributed by atoms with Crippen LogP contribution in [0.1, 0.15) is 32.3 Å². The Labute approximate surface area is 108 Å². The van der Waals surface area contributed by atoms with E-state index in [9.17, 15) is 9.90 Å². The maximum atomic E-state index is 12.1. The van der Waals surface area contributed by atoms with E-state index in [2.05, 4.69) is 13.8 Å². The van der Waals surface area contributed by atoms with Gasteiger partial charge in [-0.15, -0.1) is 0 Å². The number of nitrogens with zero attached hydrogens (tertiary/aromatic N) is 1. The predicted octanol–water partition coefficient (Wildman–Crippen LogP) is 2.17. The van der Waals surface area contributed by atoms with Crippen LogP contribution < -0.4 is 5.73 Å². The van der Waals surface area contributed by atoms with E-state index in [4.69, 9.17) is 5.73 Å². The molecule has 100 valence electrons. The van der Waals surface area contributed by atoms with Crippen LogP contribution in [-0.4, -0.2) is 29.0 Å². The second-order valence-corrected chi connectivity index (χ2v) is 4.45. The lowest BCUT2D eigenvalue weighted by Gasteiger charge is -2.21. The van der Waals surface area contributed by atoms with E-state index in [1.54, 1.807) is 18.2 Å². The Hall–Kier alpha value is -1.71. The lowest BCUT2D eigenvalue weighted by atomic mass is 10.1. The molecule has 3 N–H and O–H groups in total. The Balaban J connectivity index is 2.69. The number of anilines is 1. The molecule has 0 fully saturated rings. The second-order valence-electron chi connectivity index (χ2n) is 4.45. The van der Waals surface area contributed by atoms with Crippen molar-refractivity contribution in [2.24, 2.45) is 0 Å². The number of phenolic OH excluding ortho intramolecular Hbond substituents is 1. The lowest BCUT2D eigenvalue weighted by molar-refractivity contribution is -0.130. The van der Waals surface area contributed by atoms with E-state index in [-0.39, 0.29) is 11.7 Å². The van der Waals surface area contributed by atoms with Gasteiger partial charge < -0.3 is 15.7 Å². The maximum absolute atomic E-state index is 12.1. The first kappa shape index (κ1) is 14.4. The molecule has 1 rings (SSSR count). The van der Waals surface area contributed by atoms with E-state index >= 15 is 0 Å². The molecule has 0 aromatic heterocycles. The molecule has 4 heteroatoms. The van der Waals surface area contributed by atoms with Crippen molar-refractivity contribution >= 4 is 11.6 Å². The summed E-state index contributed by atoms with van der Waals surface area (Å²) in [5.41, 5.74) is 6.66. The van der Waals surface area contributed by atoms with Crippen LogP contribution in [0.5, 0.6) is 5.75 Å². The van der Waals surface area contributed by atoms with Crippen LogP contribution in [0.25, 0.3) is 0 Å². The highest BCUT2D eigenvalue weighted by molar-refractivity contribution is 5.79. The zero-order valence-corrected chi connectivity index (χ0v) is 11.1. The van der Waals surface area contributed by atoms with Gasteiger partial charge in [-0.1, -0.05) is 19.9 Å². The van der Waals surface area contributed by atoms with Crippen LogP contribution in [0.4, 0.5) is 5.69 Å². The second kappa shape index (κ2) is 6.89. The monoisotopic (exact) mass is 250 g/mol. The molecule has 0 spiro atoms. The van der Waals surface area contributed by atoms with Crippen molar-refractivity contribution in [3.63, 3.8) is 0 Å². The van der Waals surface area contributed by atoms with E-state index in [1.807, 2.05) is 4.90 Å². The van der Waals surface area contributed by atoms with E-state index < -0.39 is 0 Å². The quantitative estimate of drug-likeness (QED) is 0.600. The molecule has 0 saturated heterocycles. The van der Waals surface area contributed by atoms with Crippen molar-refractivity contribution in [2.45, 2.75) is 33.1 Å². The van der Waals surface area contributed by atoms with Crippen LogP contribution in [0.2, 0.25) is 0 Å². The molecule has 0 heterocycles. The van der Waals surface area contributed by atoms with Crippen molar-refractivity contribution in [3.05, 3.63) is 23.8 Å². The number of hydrogen-bond acceptors (Lipinski definition) is 3. The van der Waals surface area contributed by atoms with Gasteiger partial charge in [0.15, 0.2) is 0 Å². The first-order valence-electron chi connectivity index (χ1n) is 6.43. The minimum absolute atomic E-state index is 0.0397. The normalized spacial score (nSPS) is 10.3. The Bertz CT molecular complexity index is 399. The van der Waals surface area contributed by atoms with Gasteiger partial charge in [-0.05, 0) is 30.5 Å². The Kier molecular flexibility index (Phi) is 5.49. The standard InChI is InChI=1S/C14H22N2O2/c1-3-7-16(8-4-2)14(18)10-11-5-6-12(15)13(17)9-11/h5-6,9,17H,3-4,7-8,10,15H2,1-2H3. The summed E-state index contributed by atoms with van der Waals surface area (Å²) in [6, 6.07) is 4.97. The van der Waals surface area contributed by atoms with Crippen molar-refractivity contribution in [1.29, 1.82) is 0 Å². The minimum atomic E-state index is 0.0397. The number of phenols is 1. The van der Waals surface area contributed by atoms with E-state index in [0.29, 0.717) is 12.1 Å². The third-order valence-electron chi connectivity index (χ3n) is 2.79. The summed E-state index contributed by atoms with van der Waals surface area (Å²) >= 11 is 0. The average molecular weight is 250 g/mol. The zero-order chi connectivity index (χ0) is 13.5. The van der Waals surface area contributed by atoms with Gasteiger partial charge in [0.1, 0.15) is 5.75 Å². The Morgan fingerprint density at radius 2 is 1.89 bits per heavy atom. The number of nitrogen functional groups attached to an aromatic ring is 1. The molecule has 0 atom stereocenters. The largest absolute Gasteiger partial charge is 0.506 e. The van der Waals surface area contributed by atoms with Crippen LogP contribution in [-0.2, 0) is 11.2 Å². The van der Waals surface area contributed by atoms with Gasteiger partial charge in [0, 0.05) is 13.1 Å². The summed E-state index contributed by atoms with van der Waals surface area (Å²) in [6.45, 7) is 5.69. The number of amides is 1. The molecule has 0 radical (unpaired) electrons. The van der Waals surface area contributed by atoms with Crippen molar-refractivity contribution in [2.75, 3.05) is 18.8 Å². The molecular weight excluding hydrogens is 228 g/mol. The molecule has 0 bridgehead atoms. The molecule has 1 aromatic rings. The molecule has 0 saturated carbocycles. The van der Waals surface area contributed by atoms with Crippen LogP contribution in [0.3, 0.4) is 0 Å². The van der Waals surface area contributed by atoms with Gasteiger partial charge in [-0.25, -0.2) is 0 Å². The van der Waals surface area contributed by atoms with Gasteiger partial charge in [0.2, 0.25) is 5.91 Å². The lowest BCUT2D eigenvalue weighted by Crippen LogP contribution is -2.33. The number of aromatic hydroxyl groups is 1. The molecule has 0 unspecified atom stereocenters. The number of hydrogen-bond donors (Lipinski definition) is 2. The van der Waals surface area contributed by atoms with Crippen molar-refractivity contribution < 1.29 is 9.90 Å². The van der Waals surface area contributed by atoms with Crippen molar-refractivity contribution in [3.8, 4) is 5.75 Å². The first-order valence-corrected chi connectivity index (χ1v) is 6.43. The predicted molar refractivity (Wildman–Crippen MR) is 73.4 cm³/mol. The number of rotatable bonds is 6. The van der Waals surface area contributed by atoms with E-state index in [0.717, 1.165) is 31.5 Å².